The Morgan fingerprint density at radius 1 is 0.842 bits per heavy atom. The van der Waals surface area contributed by atoms with Crippen LogP contribution < -0.4 is 0 Å². The number of hydrogen-bond acceptors (Lipinski definition) is 0. The van der Waals surface area contributed by atoms with E-state index >= 15 is 0 Å². The van der Waals surface area contributed by atoms with E-state index in [4.69, 9.17) is 0 Å². The average molecular weight is 329 g/mol. The normalized spacial score (nSPS) is 13.3. The molecular weight excluding hydrogens is 317 g/mol. The average Bonchev–Trinajstić information content (AvgIpc) is 2.37. The summed E-state index contributed by atoms with van der Waals surface area (Å²) in [4.78, 5) is 0. The first-order valence-corrected chi connectivity index (χ1v) is 6.62. The summed E-state index contributed by atoms with van der Waals surface area (Å²) in [6, 6.07) is 15.8. The van der Waals surface area contributed by atoms with E-state index in [0.717, 1.165) is 4.47 Å². The molecule has 0 aliphatic heterocycles. The summed E-state index contributed by atoms with van der Waals surface area (Å²) in [6.45, 7) is 0. The molecule has 0 unspecified atom stereocenters. The predicted molar refractivity (Wildman–Crippen MR) is 73.1 cm³/mol. The van der Waals surface area contributed by atoms with Crippen molar-refractivity contribution < 1.29 is 13.2 Å². The van der Waals surface area contributed by atoms with Gasteiger partial charge in [-0.2, -0.15) is 13.2 Å². The van der Waals surface area contributed by atoms with Crippen LogP contribution >= 0.6 is 15.9 Å². The summed E-state index contributed by atoms with van der Waals surface area (Å²) in [5.74, 6) is -0.658. The zero-order chi connectivity index (χ0) is 13.9. The van der Waals surface area contributed by atoms with Crippen molar-refractivity contribution in [3.05, 3.63) is 70.2 Å². The van der Waals surface area contributed by atoms with E-state index < -0.39 is 18.5 Å². The van der Waals surface area contributed by atoms with Gasteiger partial charge in [-0.15, -0.1) is 0 Å². The van der Waals surface area contributed by atoms with Crippen LogP contribution in [0.2, 0.25) is 0 Å². The van der Waals surface area contributed by atoms with Gasteiger partial charge in [-0.05, 0) is 23.3 Å². The maximum atomic E-state index is 12.7. The van der Waals surface area contributed by atoms with E-state index in [2.05, 4.69) is 15.9 Å². The number of alkyl halides is 3. The second kappa shape index (κ2) is 5.78. The van der Waals surface area contributed by atoms with Crippen LogP contribution in [0.15, 0.2) is 59.1 Å². The third-order valence-corrected chi connectivity index (χ3v) is 3.44. The van der Waals surface area contributed by atoms with Crippen LogP contribution in [0.3, 0.4) is 0 Å². The molecule has 0 saturated carbocycles. The zero-order valence-electron chi connectivity index (χ0n) is 9.99. The van der Waals surface area contributed by atoms with Gasteiger partial charge in [-0.3, -0.25) is 0 Å². The Morgan fingerprint density at radius 2 is 1.37 bits per heavy atom. The Kier molecular flexibility index (Phi) is 4.30. The van der Waals surface area contributed by atoms with Crippen LogP contribution in [0.1, 0.15) is 23.5 Å². The summed E-state index contributed by atoms with van der Waals surface area (Å²) < 4.78 is 39.1. The second-order valence-electron chi connectivity index (χ2n) is 4.33. The van der Waals surface area contributed by atoms with E-state index in [0.29, 0.717) is 11.1 Å². The molecule has 1 atom stereocenters. The molecule has 2 aromatic carbocycles. The van der Waals surface area contributed by atoms with Crippen molar-refractivity contribution in [2.24, 2.45) is 0 Å². The van der Waals surface area contributed by atoms with Gasteiger partial charge in [0.1, 0.15) is 0 Å². The van der Waals surface area contributed by atoms with Crippen LogP contribution in [-0.4, -0.2) is 6.18 Å². The van der Waals surface area contributed by atoms with Crippen LogP contribution in [-0.2, 0) is 0 Å². The molecule has 0 heterocycles. The summed E-state index contributed by atoms with van der Waals surface area (Å²) in [5, 5.41) is 0. The van der Waals surface area contributed by atoms with Crippen LogP contribution in [0.4, 0.5) is 13.2 Å². The van der Waals surface area contributed by atoms with E-state index in [1.807, 2.05) is 0 Å². The fourth-order valence-corrected chi connectivity index (χ4v) is 2.30. The van der Waals surface area contributed by atoms with Crippen LogP contribution in [0, 0.1) is 0 Å². The maximum absolute atomic E-state index is 12.7. The molecule has 100 valence electrons. The van der Waals surface area contributed by atoms with Crippen molar-refractivity contribution in [2.45, 2.75) is 18.5 Å². The molecule has 0 aliphatic rings. The van der Waals surface area contributed by atoms with Gasteiger partial charge in [-0.1, -0.05) is 58.4 Å². The molecular formula is C15H12BrF3. The fraction of sp³-hybridized carbons (Fsp3) is 0.200. The highest BCUT2D eigenvalue weighted by Gasteiger charge is 2.33. The molecule has 19 heavy (non-hydrogen) atoms. The molecule has 0 N–H and O–H groups in total. The summed E-state index contributed by atoms with van der Waals surface area (Å²) >= 11 is 3.29. The highest BCUT2D eigenvalue weighted by atomic mass is 79.9. The van der Waals surface area contributed by atoms with Crippen molar-refractivity contribution in [3.8, 4) is 0 Å². The molecule has 0 aromatic heterocycles. The topological polar surface area (TPSA) is 0 Å². The molecule has 0 spiro atoms. The van der Waals surface area contributed by atoms with Gasteiger partial charge in [0.25, 0.3) is 0 Å². The molecule has 0 aliphatic carbocycles. The van der Waals surface area contributed by atoms with Crippen molar-refractivity contribution in [3.63, 3.8) is 0 Å². The Labute approximate surface area is 118 Å². The van der Waals surface area contributed by atoms with E-state index in [1.165, 1.54) is 0 Å². The lowest BCUT2D eigenvalue weighted by Gasteiger charge is -2.19. The highest BCUT2D eigenvalue weighted by molar-refractivity contribution is 9.10. The number of benzene rings is 2. The Bertz CT molecular complexity index is 517. The molecule has 0 radical (unpaired) electrons. The monoisotopic (exact) mass is 328 g/mol. The van der Waals surface area contributed by atoms with Gasteiger partial charge < -0.3 is 0 Å². The summed E-state index contributed by atoms with van der Waals surface area (Å²) in [6.07, 6.45) is -5.04. The minimum Gasteiger partial charge on any atom is -0.171 e. The molecule has 2 rings (SSSR count). The van der Waals surface area contributed by atoms with Gasteiger partial charge in [0.2, 0.25) is 0 Å². The van der Waals surface area contributed by atoms with Crippen molar-refractivity contribution in [1.29, 1.82) is 0 Å². The lowest BCUT2D eigenvalue weighted by molar-refractivity contribution is -0.136. The lowest BCUT2D eigenvalue weighted by Crippen LogP contribution is -2.15. The van der Waals surface area contributed by atoms with Crippen LogP contribution in [0.25, 0.3) is 0 Å². The van der Waals surface area contributed by atoms with E-state index in [-0.39, 0.29) is 0 Å². The molecule has 0 saturated heterocycles. The van der Waals surface area contributed by atoms with Gasteiger partial charge in [0.05, 0.1) is 6.42 Å². The van der Waals surface area contributed by atoms with Gasteiger partial charge in [0.15, 0.2) is 0 Å². The number of hydrogen-bond donors (Lipinski definition) is 0. The van der Waals surface area contributed by atoms with Crippen molar-refractivity contribution in [2.75, 3.05) is 0 Å². The Balaban J connectivity index is 2.37. The standard InChI is InChI=1S/C15H12BrF3/c16-13-8-6-12(7-9-13)14(10-15(17,18)19)11-4-2-1-3-5-11/h1-9,14H,10H2/t14-/m0/s1. The third kappa shape index (κ3) is 4.10. The van der Waals surface area contributed by atoms with E-state index in [1.54, 1.807) is 54.6 Å². The first kappa shape index (κ1) is 14.1. The molecule has 2 aromatic rings. The first-order valence-electron chi connectivity index (χ1n) is 5.83. The van der Waals surface area contributed by atoms with Crippen LogP contribution in [0.5, 0.6) is 0 Å². The Morgan fingerprint density at radius 3 is 1.89 bits per heavy atom. The maximum Gasteiger partial charge on any atom is 0.390 e. The quantitative estimate of drug-likeness (QED) is 0.694. The SMILES string of the molecule is FC(F)(F)C[C@@H](c1ccccc1)c1ccc(Br)cc1. The van der Waals surface area contributed by atoms with Gasteiger partial charge in [0, 0.05) is 10.4 Å². The predicted octanol–water partition coefficient (Wildman–Crippen LogP) is 5.53. The van der Waals surface area contributed by atoms with Gasteiger partial charge in [-0.25, -0.2) is 0 Å². The Hall–Kier alpha value is -1.29. The molecule has 0 bridgehead atoms. The van der Waals surface area contributed by atoms with E-state index in [9.17, 15) is 13.2 Å². The molecule has 0 fully saturated rings. The smallest absolute Gasteiger partial charge is 0.171 e. The van der Waals surface area contributed by atoms with Gasteiger partial charge >= 0.3 is 6.18 Å². The summed E-state index contributed by atoms with van der Waals surface area (Å²) in [5.41, 5.74) is 1.36. The highest BCUT2D eigenvalue weighted by Crippen LogP contribution is 2.36. The minimum absolute atomic E-state index is 0.658. The summed E-state index contributed by atoms with van der Waals surface area (Å²) in [7, 11) is 0. The zero-order valence-corrected chi connectivity index (χ0v) is 11.6. The largest absolute Gasteiger partial charge is 0.390 e. The lowest BCUT2D eigenvalue weighted by atomic mass is 9.88. The molecule has 0 nitrogen and oxygen atoms in total. The molecule has 0 amide bonds. The second-order valence-corrected chi connectivity index (χ2v) is 5.25. The first-order chi connectivity index (χ1) is 8.96. The molecule has 4 heteroatoms. The van der Waals surface area contributed by atoms with Crippen molar-refractivity contribution >= 4 is 15.9 Å². The number of halogens is 4. The minimum atomic E-state index is -4.19. The fourth-order valence-electron chi connectivity index (χ4n) is 2.04. The number of rotatable bonds is 3. The third-order valence-electron chi connectivity index (χ3n) is 2.91. The van der Waals surface area contributed by atoms with Crippen molar-refractivity contribution in [1.82, 2.24) is 0 Å².